The molecule has 3 rings (SSSR count). The van der Waals surface area contributed by atoms with Crippen LogP contribution in [0.1, 0.15) is 38.3 Å². The molecule has 0 aliphatic carbocycles. The van der Waals surface area contributed by atoms with Crippen LogP contribution in [0.3, 0.4) is 0 Å². The number of fused-ring (bicyclic) bond motifs is 1. The van der Waals surface area contributed by atoms with Crippen molar-refractivity contribution in [1.29, 1.82) is 0 Å². The molecule has 1 aromatic rings. The van der Waals surface area contributed by atoms with Crippen LogP contribution in [0.5, 0.6) is 5.75 Å². The fourth-order valence-corrected chi connectivity index (χ4v) is 3.38. The first-order valence-corrected chi connectivity index (χ1v) is 7.92. The lowest BCUT2D eigenvalue weighted by atomic mass is 10.0. The maximum absolute atomic E-state index is 5.75. The molecule has 0 saturated carbocycles. The summed E-state index contributed by atoms with van der Waals surface area (Å²) < 4.78 is 5.75. The van der Waals surface area contributed by atoms with Crippen molar-refractivity contribution in [2.75, 3.05) is 26.2 Å². The highest BCUT2D eigenvalue weighted by Crippen LogP contribution is 2.32. The van der Waals surface area contributed by atoms with Crippen molar-refractivity contribution in [2.45, 2.75) is 38.8 Å². The van der Waals surface area contributed by atoms with Crippen molar-refractivity contribution in [3.63, 3.8) is 0 Å². The third-order valence-corrected chi connectivity index (χ3v) is 4.35. The van der Waals surface area contributed by atoms with Crippen LogP contribution in [0.25, 0.3) is 0 Å². The Bertz CT molecular complexity index is 438. The largest absolute Gasteiger partial charge is 0.491 e. The lowest BCUT2D eigenvalue weighted by molar-refractivity contribution is 0.170. The number of piperidine rings is 1. The third-order valence-electron chi connectivity index (χ3n) is 4.35. The van der Waals surface area contributed by atoms with Gasteiger partial charge in [0.2, 0.25) is 0 Å². The normalized spacial score (nSPS) is 23.9. The molecular weight excluding hydrogens is 248 g/mol. The Morgan fingerprint density at radius 3 is 2.75 bits per heavy atom. The van der Waals surface area contributed by atoms with Crippen molar-refractivity contribution in [3.8, 4) is 5.75 Å². The molecular formula is C17H26N2O. The number of hydrogen-bond donors (Lipinski definition) is 1. The Labute approximate surface area is 122 Å². The summed E-state index contributed by atoms with van der Waals surface area (Å²) in [7, 11) is 0. The van der Waals surface area contributed by atoms with E-state index < -0.39 is 0 Å². The Morgan fingerprint density at radius 1 is 1.25 bits per heavy atom. The van der Waals surface area contributed by atoms with Gasteiger partial charge in [-0.25, -0.2) is 0 Å². The minimum Gasteiger partial charge on any atom is -0.491 e. The lowest BCUT2D eigenvalue weighted by Crippen LogP contribution is -2.44. The number of likely N-dealkylation sites (tertiary alicyclic amines) is 1. The van der Waals surface area contributed by atoms with E-state index in [0.717, 1.165) is 18.3 Å². The van der Waals surface area contributed by atoms with Gasteiger partial charge in [0.1, 0.15) is 12.4 Å². The second-order valence-corrected chi connectivity index (χ2v) is 6.54. The molecule has 2 heterocycles. The minimum atomic E-state index is 0.382. The molecule has 1 saturated heterocycles. The van der Waals surface area contributed by atoms with E-state index in [2.05, 4.69) is 42.3 Å². The zero-order valence-corrected chi connectivity index (χ0v) is 12.6. The zero-order valence-electron chi connectivity index (χ0n) is 12.6. The summed E-state index contributed by atoms with van der Waals surface area (Å²) in [6.07, 6.45) is 2.51. The van der Waals surface area contributed by atoms with Crippen LogP contribution in [0.15, 0.2) is 24.3 Å². The highest BCUT2D eigenvalue weighted by atomic mass is 16.5. The van der Waals surface area contributed by atoms with E-state index in [0.29, 0.717) is 12.1 Å². The fourth-order valence-electron chi connectivity index (χ4n) is 3.38. The van der Waals surface area contributed by atoms with Crippen molar-refractivity contribution in [3.05, 3.63) is 29.8 Å². The van der Waals surface area contributed by atoms with E-state index in [4.69, 9.17) is 4.74 Å². The monoisotopic (exact) mass is 274 g/mol. The van der Waals surface area contributed by atoms with E-state index in [9.17, 15) is 0 Å². The number of para-hydroxylation sites is 1. The number of ether oxygens (including phenoxy) is 1. The van der Waals surface area contributed by atoms with Crippen LogP contribution >= 0.6 is 0 Å². The molecule has 0 spiro atoms. The Kier molecular flexibility index (Phi) is 4.27. The Hall–Kier alpha value is -1.06. The highest BCUT2D eigenvalue weighted by molar-refractivity contribution is 5.39. The van der Waals surface area contributed by atoms with Gasteiger partial charge in [-0.2, -0.15) is 0 Å². The number of benzene rings is 1. The van der Waals surface area contributed by atoms with Gasteiger partial charge in [0.15, 0.2) is 0 Å². The smallest absolute Gasteiger partial charge is 0.124 e. The van der Waals surface area contributed by atoms with Crippen molar-refractivity contribution in [2.24, 2.45) is 5.92 Å². The molecule has 0 bridgehead atoms. The molecule has 2 aliphatic heterocycles. The summed E-state index contributed by atoms with van der Waals surface area (Å²) in [5, 5.41) is 3.80. The molecule has 1 N–H and O–H groups in total. The topological polar surface area (TPSA) is 24.5 Å². The van der Waals surface area contributed by atoms with Gasteiger partial charge in [0.05, 0.1) is 6.04 Å². The number of nitrogens with one attached hydrogen (secondary N) is 1. The summed E-state index contributed by atoms with van der Waals surface area (Å²) in [6.45, 7) is 9.08. The van der Waals surface area contributed by atoms with Crippen LogP contribution in [-0.2, 0) is 0 Å². The maximum Gasteiger partial charge on any atom is 0.124 e. The minimum absolute atomic E-state index is 0.382. The predicted octanol–water partition coefficient (Wildman–Crippen LogP) is 2.83. The summed E-state index contributed by atoms with van der Waals surface area (Å²) in [5.74, 6) is 1.83. The molecule has 2 aliphatic rings. The number of rotatable bonds is 4. The molecule has 0 radical (unpaired) electrons. The summed E-state index contributed by atoms with van der Waals surface area (Å²) in [6, 6.07) is 9.43. The van der Waals surface area contributed by atoms with Gasteiger partial charge in [-0.05, 0) is 37.9 Å². The molecule has 3 heteroatoms. The summed E-state index contributed by atoms with van der Waals surface area (Å²) in [4.78, 5) is 2.60. The van der Waals surface area contributed by atoms with Crippen LogP contribution in [0.4, 0.5) is 0 Å². The summed E-state index contributed by atoms with van der Waals surface area (Å²) in [5.41, 5.74) is 1.33. The van der Waals surface area contributed by atoms with Gasteiger partial charge in [-0.1, -0.05) is 32.0 Å². The quantitative estimate of drug-likeness (QED) is 0.913. The first-order valence-electron chi connectivity index (χ1n) is 7.92. The molecule has 1 fully saturated rings. The average molecular weight is 274 g/mol. The summed E-state index contributed by atoms with van der Waals surface area (Å²) >= 11 is 0. The number of nitrogens with zero attached hydrogens (tertiary/aromatic N) is 1. The maximum atomic E-state index is 5.75. The molecule has 0 aromatic heterocycles. The van der Waals surface area contributed by atoms with E-state index in [-0.39, 0.29) is 0 Å². The molecule has 110 valence electrons. The van der Waals surface area contributed by atoms with Crippen molar-refractivity contribution in [1.82, 2.24) is 10.2 Å². The second-order valence-electron chi connectivity index (χ2n) is 6.54. The highest BCUT2D eigenvalue weighted by Gasteiger charge is 2.27. The SMILES string of the molecule is CC(C)CN1CCC(NC2COc3ccccc32)CC1. The van der Waals surface area contributed by atoms with Crippen molar-refractivity contribution < 1.29 is 4.74 Å². The Morgan fingerprint density at radius 2 is 2.00 bits per heavy atom. The van der Waals surface area contributed by atoms with Gasteiger partial charge in [0, 0.05) is 18.2 Å². The van der Waals surface area contributed by atoms with E-state index in [1.165, 1.54) is 38.0 Å². The van der Waals surface area contributed by atoms with Gasteiger partial charge in [0.25, 0.3) is 0 Å². The second kappa shape index (κ2) is 6.15. The lowest BCUT2D eigenvalue weighted by Gasteiger charge is -2.34. The first kappa shape index (κ1) is 13.9. The van der Waals surface area contributed by atoms with E-state index in [1.54, 1.807) is 0 Å². The average Bonchev–Trinajstić information content (AvgIpc) is 2.84. The van der Waals surface area contributed by atoms with Crippen molar-refractivity contribution >= 4 is 0 Å². The molecule has 1 atom stereocenters. The zero-order chi connectivity index (χ0) is 13.9. The molecule has 3 nitrogen and oxygen atoms in total. The standard InChI is InChI=1S/C17H26N2O/c1-13(2)11-19-9-7-14(8-10-19)18-16-12-20-17-6-4-3-5-15(16)17/h3-6,13-14,16,18H,7-12H2,1-2H3. The first-order chi connectivity index (χ1) is 9.72. The predicted molar refractivity (Wildman–Crippen MR) is 82.1 cm³/mol. The van der Waals surface area contributed by atoms with E-state index >= 15 is 0 Å². The van der Waals surface area contributed by atoms with Crippen LogP contribution in [0.2, 0.25) is 0 Å². The van der Waals surface area contributed by atoms with E-state index in [1.807, 2.05) is 6.07 Å². The third kappa shape index (κ3) is 3.15. The van der Waals surface area contributed by atoms with Gasteiger partial charge >= 0.3 is 0 Å². The van der Waals surface area contributed by atoms with Gasteiger partial charge in [-0.15, -0.1) is 0 Å². The van der Waals surface area contributed by atoms with Crippen LogP contribution < -0.4 is 10.1 Å². The molecule has 1 aromatic carbocycles. The molecule has 0 amide bonds. The molecule has 1 unspecified atom stereocenters. The molecule has 20 heavy (non-hydrogen) atoms. The fraction of sp³-hybridized carbons (Fsp3) is 0.647. The Balaban J connectivity index is 1.51. The van der Waals surface area contributed by atoms with Crippen LogP contribution in [-0.4, -0.2) is 37.2 Å². The van der Waals surface area contributed by atoms with Crippen LogP contribution in [0, 0.1) is 5.92 Å². The van der Waals surface area contributed by atoms with Gasteiger partial charge in [-0.3, -0.25) is 0 Å². The number of hydrogen-bond acceptors (Lipinski definition) is 3. The van der Waals surface area contributed by atoms with Gasteiger partial charge < -0.3 is 15.0 Å².